The number of ether oxygens (including phenoxy) is 1. The SMILES string of the molecule is COC(=O)Cc1c(C)nc(N(C)C)nc1-c1ccccc1. The fourth-order valence-electron chi connectivity index (χ4n) is 2.04. The van der Waals surface area contributed by atoms with E-state index in [-0.39, 0.29) is 12.4 Å². The second kappa shape index (κ2) is 6.35. The van der Waals surface area contributed by atoms with Crippen LogP contribution >= 0.6 is 0 Å². The first kappa shape index (κ1) is 15.0. The average Bonchev–Trinajstić information content (AvgIpc) is 2.49. The molecule has 0 aliphatic carbocycles. The number of esters is 1. The molecule has 0 N–H and O–H groups in total. The molecule has 0 aliphatic rings. The first-order valence-corrected chi connectivity index (χ1v) is 6.70. The quantitative estimate of drug-likeness (QED) is 0.806. The van der Waals surface area contributed by atoms with Gasteiger partial charge in [-0.1, -0.05) is 30.3 Å². The molecule has 0 amide bonds. The van der Waals surface area contributed by atoms with Crippen LogP contribution in [-0.4, -0.2) is 37.1 Å². The van der Waals surface area contributed by atoms with Crippen molar-refractivity contribution in [3.05, 3.63) is 41.6 Å². The minimum absolute atomic E-state index is 0.167. The maximum Gasteiger partial charge on any atom is 0.310 e. The molecular weight excluding hydrogens is 266 g/mol. The molecule has 1 heterocycles. The maximum absolute atomic E-state index is 11.6. The molecule has 0 bridgehead atoms. The van der Waals surface area contributed by atoms with Crippen LogP contribution in [-0.2, 0) is 16.0 Å². The molecule has 21 heavy (non-hydrogen) atoms. The monoisotopic (exact) mass is 285 g/mol. The predicted octanol–water partition coefficient (Wildman–Crippen LogP) is 2.23. The van der Waals surface area contributed by atoms with Crippen LogP contribution in [0.15, 0.2) is 30.3 Å². The Balaban J connectivity index is 2.60. The molecule has 2 aromatic rings. The second-order valence-corrected chi connectivity index (χ2v) is 4.95. The standard InChI is InChI=1S/C16H19N3O2/c1-11-13(10-14(20)21-4)15(12-8-6-5-7-9-12)18-16(17-11)19(2)3/h5-9H,10H2,1-4H3. The summed E-state index contributed by atoms with van der Waals surface area (Å²) in [7, 11) is 5.17. The van der Waals surface area contributed by atoms with E-state index in [1.54, 1.807) is 0 Å². The molecular formula is C16H19N3O2. The van der Waals surface area contributed by atoms with E-state index in [9.17, 15) is 4.79 Å². The molecule has 0 saturated heterocycles. The van der Waals surface area contributed by atoms with Gasteiger partial charge in [0.2, 0.25) is 5.95 Å². The van der Waals surface area contributed by atoms with E-state index < -0.39 is 0 Å². The summed E-state index contributed by atoms with van der Waals surface area (Å²) in [6, 6.07) is 9.79. The average molecular weight is 285 g/mol. The number of carbonyl (C=O) groups is 1. The highest BCUT2D eigenvalue weighted by Crippen LogP contribution is 2.26. The summed E-state index contributed by atoms with van der Waals surface area (Å²) in [6.45, 7) is 1.89. The topological polar surface area (TPSA) is 55.3 Å². The minimum atomic E-state index is -0.295. The number of hydrogen-bond donors (Lipinski definition) is 0. The lowest BCUT2D eigenvalue weighted by atomic mass is 10.0. The first-order valence-electron chi connectivity index (χ1n) is 6.70. The van der Waals surface area contributed by atoms with E-state index in [0.29, 0.717) is 5.95 Å². The Bertz CT molecular complexity index is 639. The Labute approximate surface area is 124 Å². The lowest BCUT2D eigenvalue weighted by Crippen LogP contribution is -2.16. The van der Waals surface area contributed by atoms with Gasteiger partial charge in [0.15, 0.2) is 0 Å². The van der Waals surface area contributed by atoms with Crippen molar-refractivity contribution in [3.8, 4) is 11.3 Å². The molecule has 0 spiro atoms. The van der Waals surface area contributed by atoms with Gasteiger partial charge in [0.25, 0.3) is 0 Å². The van der Waals surface area contributed by atoms with Gasteiger partial charge in [-0.25, -0.2) is 9.97 Å². The predicted molar refractivity (Wildman–Crippen MR) is 82.3 cm³/mol. The van der Waals surface area contributed by atoms with Crippen molar-refractivity contribution in [2.75, 3.05) is 26.1 Å². The van der Waals surface area contributed by atoms with E-state index in [1.807, 2.05) is 56.3 Å². The molecule has 0 radical (unpaired) electrons. The third-order valence-corrected chi connectivity index (χ3v) is 3.20. The third-order valence-electron chi connectivity index (χ3n) is 3.20. The lowest BCUT2D eigenvalue weighted by Gasteiger charge is -2.16. The Morgan fingerprint density at radius 3 is 2.43 bits per heavy atom. The number of rotatable bonds is 4. The molecule has 0 aliphatic heterocycles. The smallest absolute Gasteiger partial charge is 0.310 e. The normalized spacial score (nSPS) is 10.3. The zero-order valence-corrected chi connectivity index (χ0v) is 12.8. The van der Waals surface area contributed by atoms with Gasteiger partial charge in [-0.2, -0.15) is 0 Å². The fraction of sp³-hybridized carbons (Fsp3) is 0.312. The number of anilines is 1. The van der Waals surface area contributed by atoms with Crippen LogP contribution in [0.25, 0.3) is 11.3 Å². The van der Waals surface area contributed by atoms with Gasteiger partial charge in [-0.15, -0.1) is 0 Å². The number of methoxy groups -OCH3 is 1. The van der Waals surface area contributed by atoms with Gasteiger partial charge in [0.1, 0.15) is 0 Å². The van der Waals surface area contributed by atoms with Crippen LogP contribution in [0.3, 0.4) is 0 Å². The van der Waals surface area contributed by atoms with Gasteiger partial charge in [-0.05, 0) is 6.92 Å². The largest absolute Gasteiger partial charge is 0.469 e. The molecule has 2 rings (SSSR count). The van der Waals surface area contributed by atoms with E-state index in [2.05, 4.69) is 9.97 Å². The Morgan fingerprint density at radius 2 is 1.86 bits per heavy atom. The molecule has 0 atom stereocenters. The van der Waals surface area contributed by atoms with Gasteiger partial charge in [0, 0.05) is 30.9 Å². The Kier molecular flexibility index (Phi) is 4.52. The summed E-state index contributed by atoms with van der Waals surface area (Å²) < 4.78 is 4.77. The van der Waals surface area contributed by atoms with E-state index in [0.717, 1.165) is 22.5 Å². The summed E-state index contributed by atoms with van der Waals surface area (Å²) in [5.41, 5.74) is 3.33. The van der Waals surface area contributed by atoms with Crippen LogP contribution < -0.4 is 4.90 Å². The zero-order valence-electron chi connectivity index (χ0n) is 12.8. The Hall–Kier alpha value is -2.43. The highest BCUT2D eigenvalue weighted by molar-refractivity contribution is 5.77. The molecule has 1 aromatic heterocycles. The van der Waals surface area contributed by atoms with Gasteiger partial charge in [0.05, 0.1) is 19.2 Å². The third kappa shape index (κ3) is 3.37. The molecule has 0 saturated carbocycles. The Morgan fingerprint density at radius 1 is 1.19 bits per heavy atom. The van der Waals surface area contributed by atoms with E-state index in [4.69, 9.17) is 4.74 Å². The van der Waals surface area contributed by atoms with Gasteiger partial charge >= 0.3 is 5.97 Å². The summed E-state index contributed by atoms with van der Waals surface area (Å²) in [5.74, 6) is 0.330. The van der Waals surface area contributed by atoms with Crippen LogP contribution in [0.1, 0.15) is 11.3 Å². The van der Waals surface area contributed by atoms with Crippen molar-refractivity contribution < 1.29 is 9.53 Å². The van der Waals surface area contributed by atoms with Crippen molar-refractivity contribution in [1.29, 1.82) is 0 Å². The van der Waals surface area contributed by atoms with Crippen molar-refractivity contribution in [2.24, 2.45) is 0 Å². The number of hydrogen-bond acceptors (Lipinski definition) is 5. The molecule has 5 heteroatoms. The minimum Gasteiger partial charge on any atom is -0.469 e. The maximum atomic E-state index is 11.6. The van der Waals surface area contributed by atoms with Crippen LogP contribution in [0.4, 0.5) is 5.95 Å². The summed E-state index contributed by atoms with van der Waals surface area (Å²) in [4.78, 5) is 22.5. The number of benzene rings is 1. The molecule has 1 aromatic carbocycles. The van der Waals surface area contributed by atoms with Gasteiger partial charge < -0.3 is 9.64 Å². The lowest BCUT2D eigenvalue weighted by molar-refractivity contribution is -0.139. The molecule has 0 fully saturated rings. The van der Waals surface area contributed by atoms with Crippen LogP contribution in [0.5, 0.6) is 0 Å². The fourth-order valence-corrected chi connectivity index (χ4v) is 2.04. The molecule has 110 valence electrons. The second-order valence-electron chi connectivity index (χ2n) is 4.95. The van der Waals surface area contributed by atoms with E-state index >= 15 is 0 Å². The van der Waals surface area contributed by atoms with Crippen molar-refractivity contribution >= 4 is 11.9 Å². The van der Waals surface area contributed by atoms with Crippen LogP contribution in [0.2, 0.25) is 0 Å². The van der Waals surface area contributed by atoms with Crippen molar-refractivity contribution in [1.82, 2.24) is 9.97 Å². The van der Waals surface area contributed by atoms with Crippen LogP contribution in [0, 0.1) is 6.92 Å². The van der Waals surface area contributed by atoms with Crippen molar-refractivity contribution in [3.63, 3.8) is 0 Å². The molecule has 0 unspecified atom stereocenters. The highest BCUT2D eigenvalue weighted by atomic mass is 16.5. The summed E-state index contributed by atoms with van der Waals surface area (Å²) in [6.07, 6.45) is 0.167. The van der Waals surface area contributed by atoms with Crippen molar-refractivity contribution in [2.45, 2.75) is 13.3 Å². The number of nitrogens with zero attached hydrogens (tertiary/aromatic N) is 3. The van der Waals surface area contributed by atoms with Gasteiger partial charge in [-0.3, -0.25) is 4.79 Å². The first-order chi connectivity index (χ1) is 10.0. The number of aryl methyl sites for hydroxylation is 1. The number of carbonyl (C=O) groups excluding carboxylic acids is 1. The summed E-state index contributed by atoms with van der Waals surface area (Å²) in [5, 5.41) is 0. The highest BCUT2D eigenvalue weighted by Gasteiger charge is 2.17. The van der Waals surface area contributed by atoms with E-state index in [1.165, 1.54) is 7.11 Å². The summed E-state index contributed by atoms with van der Waals surface area (Å²) >= 11 is 0. The molecule has 5 nitrogen and oxygen atoms in total. The zero-order chi connectivity index (χ0) is 15.4. The number of aromatic nitrogens is 2.